The van der Waals surface area contributed by atoms with Crippen LogP contribution < -0.4 is 10.0 Å². The lowest BCUT2D eigenvalue weighted by atomic mass is 10.1. The molecule has 0 aliphatic carbocycles. The first-order chi connectivity index (χ1) is 9.43. The van der Waals surface area contributed by atoms with Crippen LogP contribution in [0.1, 0.15) is 25.8 Å². The Balaban J connectivity index is 2.58. The smallest absolute Gasteiger partial charge is 0.233 e. The van der Waals surface area contributed by atoms with E-state index in [9.17, 15) is 8.42 Å². The number of aryl methyl sites for hydroxylation is 1. The summed E-state index contributed by atoms with van der Waals surface area (Å²) in [6.45, 7) is 4.52. The second-order valence-corrected chi connectivity index (χ2v) is 6.90. The Kier molecular flexibility index (Phi) is 6.98. The van der Waals surface area contributed by atoms with Crippen LogP contribution in [0.15, 0.2) is 24.3 Å². The van der Waals surface area contributed by atoms with Gasteiger partial charge in [-0.3, -0.25) is 4.72 Å². The Bertz CT molecular complexity index is 501. The maximum Gasteiger partial charge on any atom is 0.233 e. The summed E-state index contributed by atoms with van der Waals surface area (Å²) < 4.78 is 26.4. The summed E-state index contributed by atoms with van der Waals surface area (Å²) in [5.41, 5.74) is 1.59. The molecule has 3 N–H and O–H groups in total. The van der Waals surface area contributed by atoms with Crippen LogP contribution in [-0.4, -0.2) is 38.5 Å². The van der Waals surface area contributed by atoms with Crippen LogP contribution in [-0.2, 0) is 16.4 Å². The topological polar surface area (TPSA) is 78.4 Å². The van der Waals surface area contributed by atoms with Gasteiger partial charge in [0.25, 0.3) is 0 Å². The molecule has 5 nitrogen and oxygen atoms in total. The van der Waals surface area contributed by atoms with E-state index in [4.69, 9.17) is 5.11 Å². The predicted molar refractivity (Wildman–Crippen MR) is 82.4 cm³/mol. The van der Waals surface area contributed by atoms with E-state index >= 15 is 0 Å². The van der Waals surface area contributed by atoms with E-state index in [0.717, 1.165) is 12.0 Å². The summed E-state index contributed by atoms with van der Waals surface area (Å²) >= 11 is 0. The highest BCUT2D eigenvalue weighted by atomic mass is 32.2. The van der Waals surface area contributed by atoms with Crippen molar-refractivity contribution in [2.75, 3.05) is 23.6 Å². The number of nitrogens with one attached hydrogen (secondary N) is 2. The third-order valence-electron chi connectivity index (χ3n) is 2.75. The first-order valence-corrected chi connectivity index (χ1v) is 8.52. The van der Waals surface area contributed by atoms with Crippen molar-refractivity contribution in [3.8, 4) is 0 Å². The van der Waals surface area contributed by atoms with Crippen molar-refractivity contribution in [1.82, 2.24) is 5.32 Å². The van der Waals surface area contributed by atoms with E-state index in [1.54, 1.807) is 6.07 Å². The lowest BCUT2D eigenvalue weighted by Gasteiger charge is -2.11. The standard InChI is InChI=1S/C14H24N2O3S/c1-12(2)15-8-10-20(18,19)16-14-7-3-5-13(11-14)6-4-9-17/h3,5,7,11-12,15-17H,4,6,8-10H2,1-2H3. The highest BCUT2D eigenvalue weighted by molar-refractivity contribution is 7.92. The van der Waals surface area contributed by atoms with Gasteiger partial charge in [0.2, 0.25) is 10.0 Å². The van der Waals surface area contributed by atoms with Gasteiger partial charge in [0.05, 0.1) is 5.75 Å². The normalized spacial score (nSPS) is 11.8. The van der Waals surface area contributed by atoms with Gasteiger partial charge in [-0.25, -0.2) is 8.42 Å². The van der Waals surface area contributed by atoms with Gasteiger partial charge in [0, 0.05) is 24.9 Å². The molecule has 1 rings (SSSR count). The number of anilines is 1. The maximum atomic E-state index is 11.9. The maximum absolute atomic E-state index is 11.9. The molecule has 0 saturated heterocycles. The van der Waals surface area contributed by atoms with Crippen LogP contribution in [0.25, 0.3) is 0 Å². The number of sulfonamides is 1. The number of hydrogen-bond acceptors (Lipinski definition) is 4. The van der Waals surface area contributed by atoms with Gasteiger partial charge in [0.1, 0.15) is 0 Å². The van der Waals surface area contributed by atoms with Crippen LogP contribution in [0.5, 0.6) is 0 Å². The first kappa shape index (κ1) is 16.9. The molecule has 0 aliphatic rings. The van der Waals surface area contributed by atoms with E-state index in [2.05, 4.69) is 10.0 Å². The van der Waals surface area contributed by atoms with Crippen molar-refractivity contribution in [2.24, 2.45) is 0 Å². The molecule has 0 bridgehead atoms. The zero-order valence-corrected chi connectivity index (χ0v) is 12.9. The Morgan fingerprint density at radius 1 is 1.30 bits per heavy atom. The van der Waals surface area contributed by atoms with E-state index < -0.39 is 10.0 Å². The molecule has 0 saturated carbocycles. The minimum absolute atomic E-state index is 0.0477. The van der Waals surface area contributed by atoms with Crippen molar-refractivity contribution in [3.63, 3.8) is 0 Å². The Hall–Kier alpha value is -1.11. The molecular formula is C14H24N2O3S. The lowest BCUT2D eigenvalue weighted by molar-refractivity contribution is 0.288. The number of benzene rings is 1. The number of rotatable bonds is 9. The molecule has 6 heteroatoms. The average molecular weight is 300 g/mol. The van der Waals surface area contributed by atoms with Crippen LogP contribution in [0.4, 0.5) is 5.69 Å². The number of aliphatic hydroxyl groups excluding tert-OH is 1. The fourth-order valence-corrected chi connectivity index (χ4v) is 2.76. The molecular weight excluding hydrogens is 276 g/mol. The van der Waals surface area contributed by atoms with Gasteiger partial charge in [-0.1, -0.05) is 26.0 Å². The summed E-state index contributed by atoms with van der Waals surface area (Å²) in [5.74, 6) is 0.0477. The molecule has 0 spiro atoms. The van der Waals surface area contributed by atoms with E-state index in [0.29, 0.717) is 18.7 Å². The molecule has 114 valence electrons. The first-order valence-electron chi connectivity index (χ1n) is 6.86. The second-order valence-electron chi connectivity index (χ2n) is 5.06. The van der Waals surface area contributed by atoms with Crippen molar-refractivity contribution in [1.29, 1.82) is 0 Å². The molecule has 0 atom stereocenters. The van der Waals surface area contributed by atoms with Crippen LogP contribution in [0, 0.1) is 0 Å². The molecule has 1 aromatic carbocycles. The molecule has 0 fully saturated rings. The van der Waals surface area contributed by atoms with Gasteiger partial charge in [0.15, 0.2) is 0 Å². The summed E-state index contributed by atoms with van der Waals surface area (Å²) in [6, 6.07) is 7.55. The van der Waals surface area contributed by atoms with Crippen LogP contribution in [0.3, 0.4) is 0 Å². The summed E-state index contributed by atoms with van der Waals surface area (Å²) in [7, 11) is -3.33. The summed E-state index contributed by atoms with van der Waals surface area (Å²) in [5, 5.41) is 11.9. The zero-order chi connectivity index (χ0) is 15.0. The molecule has 0 aromatic heterocycles. The molecule has 0 aliphatic heterocycles. The molecule has 0 amide bonds. The third-order valence-corrected chi connectivity index (χ3v) is 4.04. The van der Waals surface area contributed by atoms with Crippen LogP contribution in [0.2, 0.25) is 0 Å². The highest BCUT2D eigenvalue weighted by Crippen LogP contribution is 2.13. The molecule has 0 unspecified atom stereocenters. The SMILES string of the molecule is CC(C)NCCS(=O)(=O)Nc1cccc(CCCO)c1. The minimum atomic E-state index is -3.33. The van der Waals surface area contributed by atoms with Gasteiger partial charge >= 0.3 is 0 Å². The van der Waals surface area contributed by atoms with Crippen LogP contribution >= 0.6 is 0 Å². The largest absolute Gasteiger partial charge is 0.396 e. The quantitative estimate of drug-likeness (QED) is 0.643. The fourth-order valence-electron chi connectivity index (χ4n) is 1.79. The number of aliphatic hydroxyl groups is 1. The molecule has 0 heterocycles. The van der Waals surface area contributed by atoms with E-state index in [1.807, 2.05) is 32.0 Å². The van der Waals surface area contributed by atoms with Crippen molar-refractivity contribution < 1.29 is 13.5 Å². The van der Waals surface area contributed by atoms with Crippen molar-refractivity contribution >= 4 is 15.7 Å². The van der Waals surface area contributed by atoms with Crippen molar-refractivity contribution in [3.05, 3.63) is 29.8 Å². The average Bonchev–Trinajstić information content (AvgIpc) is 2.35. The van der Waals surface area contributed by atoms with Gasteiger partial charge in [-0.2, -0.15) is 0 Å². The number of hydrogen-bond donors (Lipinski definition) is 3. The zero-order valence-electron chi connectivity index (χ0n) is 12.1. The third kappa shape index (κ3) is 6.88. The Morgan fingerprint density at radius 2 is 2.05 bits per heavy atom. The summed E-state index contributed by atoms with van der Waals surface area (Å²) in [6.07, 6.45) is 1.41. The highest BCUT2D eigenvalue weighted by Gasteiger charge is 2.10. The monoisotopic (exact) mass is 300 g/mol. The van der Waals surface area contributed by atoms with E-state index in [1.165, 1.54) is 0 Å². The van der Waals surface area contributed by atoms with E-state index in [-0.39, 0.29) is 18.4 Å². The van der Waals surface area contributed by atoms with Gasteiger partial charge < -0.3 is 10.4 Å². The Morgan fingerprint density at radius 3 is 2.70 bits per heavy atom. The fraction of sp³-hybridized carbons (Fsp3) is 0.571. The van der Waals surface area contributed by atoms with Gasteiger partial charge in [-0.05, 0) is 30.5 Å². The van der Waals surface area contributed by atoms with Crippen molar-refractivity contribution in [2.45, 2.75) is 32.7 Å². The Labute approximate surface area is 121 Å². The predicted octanol–water partition coefficient (Wildman–Crippen LogP) is 1.35. The summed E-state index contributed by atoms with van der Waals surface area (Å²) in [4.78, 5) is 0. The molecule has 1 aromatic rings. The second kappa shape index (κ2) is 8.24. The molecule has 0 radical (unpaired) electrons. The van der Waals surface area contributed by atoms with Gasteiger partial charge in [-0.15, -0.1) is 0 Å². The lowest BCUT2D eigenvalue weighted by Crippen LogP contribution is -2.30. The molecule has 20 heavy (non-hydrogen) atoms. The minimum Gasteiger partial charge on any atom is -0.396 e.